The van der Waals surface area contributed by atoms with Crippen LogP contribution in [0, 0.1) is 0 Å². The van der Waals surface area contributed by atoms with Crippen molar-refractivity contribution in [1.29, 1.82) is 0 Å². The quantitative estimate of drug-likeness (QED) is 0.340. The molecule has 2 aromatic rings. The third-order valence-corrected chi connectivity index (χ3v) is 4.07. The molecular weight excluding hydrogens is 262 g/mol. The predicted molar refractivity (Wildman–Crippen MR) is 83.5 cm³/mol. The summed E-state index contributed by atoms with van der Waals surface area (Å²) < 4.78 is 0. The van der Waals surface area contributed by atoms with E-state index in [2.05, 4.69) is 34.7 Å². The third kappa shape index (κ3) is 2.76. The van der Waals surface area contributed by atoms with Gasteiger partial charge in [-0.2, -0.15) is 0 Å². The number of oxime groups is 1. The molecule has 108 valence electrons. The Hall–Kier alpha value is -2.33. The van der Waals surface area contributed by atoms with Crippen LogP contribution in [0.4, 0.5) is 0 Å². The van der Waals surface area contributed by atoms with Gasteiger partial charge in [-0.05, 0) is 23.1 Å². The van der Waals surface area contributed by atoms with Gasteiger partial charge in [0.05, 0.1) is 0 Å². The lowest BCUT2D eigenvalue weighted by molar-refractivity contribution is 0.318. The van der Waals surface area contributed by atoms with Crippen LogP contribution in [-0.4, -0.2) is 17.6 Å². The van der Waals surface area contributed by atoms with Crippen LogP contribution >= 0.6 is 0 Å². The Morgan fingerprint density at radius 1 is 1.19 bits per heavy atom. The molecule has 21 heavy (non-hydrogen) atoms. The van der Waals surface area contributed by atoms with Gasteiger partial charge in [0, 0.05) is 24.6 Å². The van der Waals surface area contributed by atoms with Gasteiger partial charge in [-0.15, -0.1) is 0 Å². The average molecular weight is 281 g/mol. The van der Waals surface area contributed by atoms with Crippen molar-refractivity contribution in [3.8, 4) is 0 Å². The van der Waals surface area contributed by atoms with E-state index in [1.807, 2.05) is 24.3 Å². The SMILES string of the molecule is NC(=NO)c1ccccc1CNCC1Cc2ccccc21. The molecule has 4 nitrogen and oxygen atoms in total. The van der Waals surface area contributed by atoms with Gasteiger partial charge in [0.1, 0.15) is 0 Å². The number of amidine groups is 1. The van der Waals surface area contributed by atoms with Gasteiger partial charge in [0.2, 0.25) is 0 Å². The fourth-order valence-electron chi connectivity index (χ4n) is 2.90. The summed E-state index contributed by atoms with van der Waals surface area (Å²) in [6, 6.07) is 16.3. The van der Waals surface area contributed by atoms with Crippen molar-refractivity contribution in [1.82, 2.24) is 5.32 Å². The standard InChI is InChI=1S/C17H19N3O/c18-17(20-21)16-8-4-2-6-13(16)10-19-11-14-9-12-5-1-3-7-15(12)14/h1-8,14,19,21H,9-11H2,(H2,18,20). The summed E-state index contributed by atoms with van der Waals surface area (Å²) in [6.07, 6.45) is 1.14. The van der Waals surface area contributed by atoms with Gasteiger partial charge in [0.25, 0.3) is 0 Å². The number of rotatable bonds is 5. The van der Waals surface area contributed by atoms with Crippen LogP contribution in [0.5, 0.6) is 0 Å². The Labute approximate surface area is 124 Å². The molecule has 0 amide bonds. The topological polar surface area (TPSA) is 70.6 Å². The molecule has 4 heteroatoms. The second-order valence-corrected chi connectivity index (χ2v) is 5.37. The number of fused-ring (bicyclic) bond motifs is 1. The fraction of sp³-hybridized carbons (Fsp3) is 0.235. The second-order valence-electron chi connectivity index (χ2n) is 5.37. The van der Waals surface area contributed by atoms with Gasteiger partial charge in [-0.3, -0.25) is 0 Å². The summed E-state index contributed by atoms with van der Waals surface area (Å²) in [6.45, 7) is 1.66. The van der Waals surface area contributed by atoms with Gasteiger partial charge < -0.3 is 16.3 Å². The van der Waals surface area contributed by atoms with Gasteiger partial charge in [0.15, 0.2) is 5.84 Å². The zero-order valence-corrected chi connectivity index (χ0v) is 11.8. The highest BCUT2D eigenvalue weighted by atomic mass is 16.4. The average Bonchev–Trinajstić information content (AvgIpc) is 2.51. The van der Waals surface area contributed by atoms with Crippen LogP contribution < -0.4 is 11.1 Å². The highest BCUT2D eigenvalue weighted by Gasteiger charge is 2.24. The van der Waals surface area contributed by atoms with Crippen molar-refractivity contribution in [2.45, 2.75) is 18.9 Å². The molecule has 0 saturated heterocycles. The molecule has 0 fully saturated rings. The number of hydrogen-bond acceptors (Lipinski definition) is 3. The van der Waals surface area contributed by atoms with Crippen molar-refractivity contribution >= 4 is 5.84 Å². The summed E-state index contributed by atoms with van der Waals surface area (Å²) in [5.74, 6) is 0.749. The van der Waals surface area contributed by atoms with Crippen LogP contribution in [0.3, 0.4) is 0 Å². The molecule has 0 spiro atoms. The number of benzene rings is 2. The molecule has 1 aliphatic rings. The van der Waals surface area contributed by atoms with Crippen LogP contribution in [0.25, 0.3) is 0 Å². The van der Waals surface area contributed by atoms with Crippen molar-refractivity contribution in [2.24, 2.45) is 10.9 Å². The summed E-state index contributed by atoms with van der Waals surface area (Å²) >= 11 is 0. The molecule has 0 aromatic heterocycles. The summed E-state index contributed by atoms with van der Waals surface area (Å²) in [4.78, 5) is 0. The lowest BCUT2D eigenvalue weighted by Gasteiger charge is -2.30. The maximum Gasteiger partial charge on any atom is 0.170 e. The first-order valence-electron chi connectivity index (χ1n) is 7.14. The Morgan fingerprint density at radius 3 is 2.76 bits per heavy atom. The highest BCUT2D eigenvalue weighted by molar-refractivity contribution is 5.98. The first kappa shape index (κ1) is 13.6. The summed E-state index contributed by atoms with van der Waals surface area (Å²) in [5.41, 5.74) is 10.4. The zero-order chi connectivity index (χ0) is 14.7. The molecule has 1 aliphatic carbocycles. The number of nitrogens with two attached hydrogens (primary N) is 1. The molecule has 3 rings (SSSR count). The Morgan fingerprint density at radius 2 is 1.95 bits per heavy atom. The van der Waals surface area contributed by atoms with Gasteiger partial charge in [-0.1, -0.05) is 53.7 Å². The van der Waals surface area contributed by atoms with E-state index in [-0.39, 0.29) is 5.84 Å². The van der Waals surface area contributed by atoms with E-state index in [0.29, 0.717) is 12.5 Å². The van der Waals surface area contributed by atoms with E-state index in [1.165, 1.54) is 11.1 Å². The maximum atomic E-state index is 8.83. The maximum absolute atomic E-state index is 8.83. The molecule has 2 aromatic carbocycles. The molecule has 0 radical (unpaired) electrons. The minimum absolute atomic E-state index is 0.154. The number of nitrogens with zero attached hydrogens (tertiary/aromatic N) is 1. The summed E-state index contributed by atoms with van der Waals surface area (Å²) in [7, 11) is 0. The highest BCUT2D eigenvalue weighted by Crippen LogP contribution is 2.34. The van der Waals surface area contributed by atoms with E-state index >= 15 is 0 Å². The van der Waals surface area contributed by atoms with E-state index in [0.717, 1.165) is 24.1 Å². The minimum atomic E-state index is 0.154. The van der Waals surface area contributed by atoms with Crippen LogP contribution in [0.2, 0.25) is 0 Å². The molecule has 0 saturated carbocycles. The van der Waals surface area contributed by atoms with Crippen molar-refractivity contribution in [2.75, 3.05) is 6.54 Å². The predicted octanol–water partition coefficient (Wildman–Crippen LogP) is 2.21. The molecule has 1 atom stereocenters. The number of nitrogens with one attached hydrogen (secondary N) is 1. The first-order valence-corrected chi connectivity index (χ1v) is 7.14. The smallest absolute Gasteiger partial charge is 0.170 e. The van der Waals surface area contributed by atoms with E-state index in [1.54, 1.807) is 0 Å². The minimum Gasteiger partial charge on any atom is -0.409 e. The Balaban J connectivity index is 1.60. The van der Waals surface area contributed by atoms with Gasteiger partial charge >= 0.3 is 0 Å². The first-order chi connectivity index (χ1) is 10.3. The zero-order valence-electron chi connectivity index (χ0n) is 11.8. The van der Waals surface area contributed by atoms with Crippen LogP contribution in [0.1, 0.15) is 28.2 Å². The fourth-order valence-corrected chi connectivity index (χ4v) is 2.90. The van der Waals surface area contributed by atoms with Crippen molar-refractivity contribution < 1.29 is 5.21 Å². The van der Waals surface area contributed by atoms with Crippen LogP contribution in [0.15, 0.2) is 53.7 Å². The van der Waals surface area contributed by atoms with E-state index in [9.17, 15) is 0 Å². The molecule has 0 aliphatic heterocycles. The monoisotopic (exact) mass is 281 g/mol. The van der Waals surface area contributed by atoms with Gasteiger partial charge in [-0.25, -0.2) is 0 Å². The number of hydrogen-bond donors (Lipinski definition) is 3. The normalized spacial score (nSPS) is 17.1. The van der Waals surface area contributed by atoms with E-state index < -0.39 is 0 Å². The lowest BCUT2D eigenvalue weighted by atomic mass is 9.77. The Kier molecular flexibility index (Phi) is 3.88. The largest absolute Gasteiger partial charge is 0.409 e. The third-order valence-electron chi connectivity index (χ3n) is 4.07. The van der Waals surface area contributed by atoms with Crippen molar-refractivity contribution in [3.05, 3.63) is 70.8 Å². The lowest BCUT2D eigenvalue weighted by Crippen LogP contribution is -2.29. The molecule has 0 bridgehead atoms. The molecule has 4 N–H and O–H groups in total. The second kappa shape index (κ2) is 5.97. The van der Waals surface area contributed by atoms with E-state index in [4.69, 9.17) is 10.9 Å². The molecule has 1 unspecified atom stereocenters. The molecule has 0 heterocycles. The summed E-state index contributed by atoms with van der Waals surface area (Å²) in [5, 5.41) is 15.4. The van der Waals surface area contributed by atoms with Crippen LogP contribution in [-0.2, 0) is 13.0 Å². The van der Waals surface area contributed by atoms with Crippen molar-refractivity contribution in [3.63, 3.8) is 0 Å². The Bertz CT molecular complexity index is 667. The molecular formula is C17H19N3O.